The predicted molar refractivity (Wildman–Crippen MR) is 116 cm³/mol. The van der Waals surface area contributed by atoms with E-state index in [0.29, 0.717) is 11.4 Å². The quantitative estimate of drug-likeness (QED) is 0.152. The number of nitrogens with one attached hydrogen (secondary N) is 4. The van der Waals surface area contributed by atoms with Crippen LogP contribution in [0.2, 0.25) is 0 Å². The number of amides is 4. The zero-order valence-corrected chi connectivity index (χ0v) is 18.6. The molecule has 0 radical (unpaired) electrons. The molecule has 1 heterocycles. The molecule has 9 N–H and O–H groups in total. The van der Waals surface area contributed by atoms with Gasteiger partial charge in [-0.3, -0.25) is 19.2 Å². The van der Waals surface area contributed by atoms with Crippen molar-refractivity contribution in [3.8, 4) is 0 Å². The maximum absolute atomic E-state index is 12.6. The first-order chi connectivity index (χ1) is 15.0. The summed E-state index contributed by atoms with van der Waals surface area (Å²) >= 11 is 1.44. The molecule has 0 aliphatic heterocycles. The number of thioether (sulfide) groups is 1. The Labute approximate surface area is 188 Å². The van der Waals surface area contributed by atoms with Crippen molar-refractivity contribution in [1.29, 1.82) is 0 Å². The second-order valence-corrected chi connectivity index (χ2v) is 8.02. The summed E-state index contributed by atoms with van der Waals surface area (Å²) in [6.07, 6.45) is 4.48. The monoisotopic (exact) mass is 471 g/mol. The second-order valence-electron chi connectivity index (χ2n) is 7.03. The normalized spacial score (nSPS) is 14.5. The highest BCUT2D eigenvalue weighted by molar-refractivity contribution is 7.98. The van der Waals surface area contributed by atoms with Gasteiger partial charge in [0.15, 0.2) is 0 Å². The SMILES string of the molecule is CSCCC(NC(=O)C(N)CC(N)=O)C(=O)NC(C)C(=O)NC(Cc1cnc[nH]1)C(=O)O. The maximum Gasteiger partial charge on any atom is 0.326 e. The summed E-state index contributed by atoms with van der Waals surface area (Å²) < 4.78 is 0. The number of primary amides is 1. The number of aromatic amines is 1. The van der Waals surface area contributed by atoms with E-state index in [9.17, 15) is 29.1 Å². The molecule has 4 atom stereocenters. The average molecular weight is 472 g/mol. The third kappa shape index (κ3) is 9.34. The van der Waals surface area contributed by atoms with Gasteiger partial charge >= 0.3 is 5.97 Å². The molecule has 1 rings (SSSR count). The van der Waals surface area contributed by atoms with Crippen LogP contribution < -0.4 is 27.4 Å². The van der Waals surface area contributed by atoms with Gasteiger partial charge in [-0.25, -0.2) is 9.78 Å². The summed E-state index contributed by atoms with van der Waals surface area (Å²) in [6.45, 7) is 1.38. The standard InChI is InChI=1S/C18H29N7O6S/c1-9(15(27)25-13(18(30)31)5-10-7-21-8-22-10)23-17(29)12(3-4-32-2)24-16(28)11(19)6-14(20)26/h7-9,11-13H,3-6,19H2,1-2H3,(H2,20,26)(H,21,22)(H,23,29)(H,24,28)(H,25,27)(H,30,31). The first-order valence-corrected chi connectivity index (χ1v) is 11.1. The van der Waals surface area contributed by atoms with Gasteiger partial charge in [-0.15, -0.1) is 0 Å². The highest BCUT2D eigenvalue weighted by Crippen LogP contribution is 2.04. The number of aliphatic carboxylic acids is 1. The van der Waals surface area contributed by atoms with Crippen molar-refractivity contribution < 1.29 is 29.1 Å². The van der Waals surface area contributed by atoms with E-state index in [2.05, 4.69) is 25.9 Å². The van der Waals surface area contributed by atoms with Gasteiger partial charge in [0.1, 0.15) is 18.1 Å². The molecule has 32 heavy (non-hydrogen) atoms. The molecule has 0 saturated carbocycles. The van der Waals surface area contributed by atoms with Crippen molar-refractivity contribution in [2.45, 2.75) is 50.4 Å². The van der Waals surface area contributed by atoms with E-state index in [1.54, 1.807) is 0 Å². The third-order valence-corrected chi connectivity index (χ3v) is 4.99. The van der Waals surface area contributed by atoms with E-state index < -0.39 is 53.8 Å². The predicted octanol–water partition coefficient (Wildman–Crippen LogP) is -2.53. The van der Waals surface area contributed by atoms with Crippen molar-refractivity contribution in [3.63, 3.8) is 0 Å². The Hall–Kier alpha value is -3.13. The number of nitrogens with zero attached hydrogens (tertiary/aromatic N) is 1. The molecule has 0 fully saturated rings. The van der Waals surface area contributed by atoms with Crippen LogP contribution in [0.4, 0.5) is 0 Å². The minimum absolute atomic E-state index is 0.0219. The Morgan fingerprint density at radius 3 is 2.31 bits per heavy atom. The van der Waals surface area contributed by atoms with Crippen LogP contribution in [0.1, 0.15) is 25.5 Å². The molecule has 0 saturated heterocycles. The van der Waals surface area contributed by atoms with E-state index in [4.69, 9.17) is 11.5 Å². The van der Waals surface area contributed by atoms with Crippen LogP contribution in [-0.4, -0.2) is 80.8 Å². The second kappa shape index (κ2) is 13.3. The highest BCUT2D eigenvalue weighted by Gasteiger charge is 2.28. The van der Waals surface area contributed by atoms with Gasteiger partial charge in [0.2, 0.25) is 23.6 Å². The lowest BCUT2D eigenvalue weighted by Gasteiger charge is -2.23. The van der Waals surface area contributed by atoms with Gasteiger partial charge in [-0.2, -0.15) is 11.8 Å². The van der Waals surface area contributed by atoms with Crippen LogP contribution >= 0.6 is 11.8 Å². The molecule has 0 aliphatic carbocycles. The largest absolute Gasteiger partial charge is 0.480 e. The van der Waals surface area contributed by atoms with E-state index >= 15 is 0 Å². The Balaban J connectivity index is 2.73. The lowest BCUT2D eigenvalue weighted by atomic mass is 10.1. The summed E-state index contributed by atoms with van der Waals surface area (Å²) in [7, 11) is 0. The number of hydrogen-bond donors (Lipinski definition) is 7. The topological polar surface area (TPSA) is 222 Å². The molecule has 0 aromatic carbocycles. The van der Waals surface area contributed by atoms with Crippen LogP contribution in [0.5, 0.6) is 0 Å². The Bertz CT molecular complexity index is 804. The fraction of sp³-hybridized carbons (Fsp3) is 0.556. The fourth-order valence-electron chi connectivity index (χ4n) is 2.59. The first kappa shape index (κ1) is 26.9. The summed E-state index contributed by atoms with van der Waals surface area (Å²) in [5.41, 5.74) is 11.2. The third-order valence-electron chi connectivity index (χ3n) is 4.35. The molecule has 1 aromatic heterocycles. The minimum atomic E-state index is -1.25. The van der Waals surface area contributed by atoms with Gasteiger partial charge in [-0.1, -0.05) is 0 Å². The molecule has 1 aromatic rings. The van der Waals surface area contributed by atoms with Crippen molar-refractivity contribution in [2.24, 2.45) is 11.5 Å². The van der Waals surface area contributed by atoms with Gasteiger partial charge in [-0.05, 0) is 25.4 Å². The van der Waals surface area contributed by atoms with Gasteiger partial charge in [0.05, 0.1) is 18.8 Å². The Morgan fingerprint density at radius 2 is 1.78 bits per heavy atom. The van der Waals surface area contributed by atoms with Crippen molar-refractivity contribution >= 4 is 41.4 Å². The maximum atomic E-state index is 12.6. The number of hydrogen-bond acceptors (Lipinski definition) is 8. The van der Waals surface area contributed by atoms with E-state index in [-0.39, 0.29) is 19.3 Å². The first-order valence-electron chi connectivity index (χ1n) is 9.69. The lowest BCUT2D eigenvalue weighted by molar-refractivity contribution is -0.142. The van der Waals surface area contributed by atoms with Crippen molar-refractivity contribution in [3.05, 3.63) is 18.2 Å². The molecular weight excluding hydrogens is 442 g/mol. The van der Waals surface area contributed by atoms with Crippen LogP contribution in [-0.2, 0) is 30.4 Å². The number of rotatable bonds is 14. The van der Waals surface area contributed by atoms with E-state index in [1.807, 2.05) is 6.26 Å². The highest BCUT2D eigenvalue weighted by atomic mass is 32.2. The summed E-state index contributed by atoms with van der Waals surface area (Å²) in [6, 6.07) is -4.54. The molecule has 0 bridgehead atoms. The zero-order chi connectivity index (χ0) is 24.3. The van der Waals surface area contributed by atoms with Gasteiger partial charge in [0.25, 0.3) is 0 Å². The molecule has 0 aliphatic rings. The zero-order valence-electron chi connectivity index (χ0n) is 17.8. The Morgan fingerprint density at radius 1 is 1.12 bits per heavy atom. The van der Waals surface area contributed by atoms with Crippen molar-refractivity contribution in [1.82, 2.24) is 25.9 Å². The number of carbonyl (C=O) groups is 5. The molecule has 178 valence electrons. The summed E-state index contributed by atoms with van der Waals surface area (Å²) in [5.74, 6) is -3.58. The Kier molecular flexibility index (Phi) is 11.2. The smallest absolute Gasteiger partial charge is 0.326 e. The van der Waals surface area contributed by atoms with E-state index in [1.165, 1.54) is 31.2 Å². The van der Waals surface area contributed by atoms with Crippen LogP contribution in [0, 0.1) is 0 Å². The molecule has 4 unspecified atom stereocenters. The number of imidazole rings is 1. The van der Waals surface area contributed by atoms with Gasteiger partial charge < -0.3 is 37.5 Å². The number of carboxylic acid groups (broad SMARTS) is 1. The molecule has 0 spiro atoms. The molecular formula is C18H29N7O6S. The van der Waals surface area contributed by atoms with Gasteiger partial charge in [0, 0.05) is 18.3 Å². The molecule has 4 amide bonds. The average Bonchev–Trinajstić information content (AvgIpc) is 3.22. The number of H-pyrrole nitrogens is 1. The minimum Gasteiger partial charge on any atom is -0.480 e. The van der Waals surface area contributed by atoms with Crippen LogP contribution in [0.3, 0.4) is 0 Å². The number of carbonyl (C=O) groups excluding carboxylic acids is 4. The molecule has 13 nitrogen and oxygen atoms in total. The summed E-state index contributed by atoms with van der Waals surface area (Å²) in [4.78, 5) is 66.2. The molecule has 14 heteroatoms. The van der Waals surface area contributed by atoms with Crippen LogP contribution in [0.25, 0.3) is 0 Å². The number of aromatic nitrogens is 2. The van der Waals surface area contributed by atoms with Crippen LogP contribution in [0.15, 0.2) is 12.5 Å². The van der Waals surface area contributed by atoms with Crippen molar-refractivity contribution in [2.75, 3.05) is 12.0 Å². The lowest BCUT2D eigenvalue weighted by Crippen LogP contribution is -2.56. The number of carboxylic acids is 1. The summed E-state index contributed by atoms with van der Waals surface area (Å²) in [5, 5.41) is 16.6. The fourth-order valence-corrected chi connectivity index (χ4v) is 3.06. The number of nitrogens with two attached hydrogens (primary N) is 2. The van der Waals surface area contributed by atoms with E-state index in [0.717, 1.165) is 0 Å².